The third-order valence-corrected chi connectivity index (χ3v) is 11.9. The molecule has 1 amide bonds. The number of nitrogens with zero attached hydrogens (tertiary/aromatic N) is 1. The fourth-order valence-electron chi connectivity index (χ4n) is 4.73. The van der Waals surface area contributed by atoms with E-state index in [1.807, 2.05) is 54.6 Å². The Morgan fingerprint density at radius 1 is 0.909 bits per heavy atom. The molecule has 2 heterocycles. The van der Waals surface area contributed by atoms with Gasteiger partial charge in [0.25, 0.3) is 0 Å². The molecule has 0 aromatic heterocycles. The van der Waals surface area contributed by atoms with Crippen molar-refractivity contribution in [1.29, 1.82) is 0 Å². The molecule has 166 valence electrons. The van der Waals surface area contributed by atoms with E-state index in [4.69, 9.17) is 5.73 Å². The number of carbonyl (C=O) groups excluding carboxylic acids is 1. The van der Waals surface area contributed by atoms with Gasteiger partial charge in [-0.15, -0.1) is 11.8 Å². The molecule has 0 radical (unpaired) electrons. The van der Waals surface area contributed by atoms with Gasteiger partial charge < -0.3 is 10.8 Å². The van der Waals surface area contributed by atoms with Crippen LogP contribution >= 0.6 is 19.0 Å². The van der Waals surface area contributed by atoms with Gasteiger partial charge in [-0.1, -0.05) is 54.6 Å². The lowest BCUT2D eigenvalue weighted by Gasteiger charge is -2.46. The molecule has 3 N–H and O–H groups in total. The minimum absolute atomic E-state index is 0.0645. The van der Waals surface area contributed by atoms with Crippen molar-refractivity contribution in [3.8, 4) is 0 Å². The van der Waals surface area contributed by atoms with Crippen molar-refractivity contribution in [3.05, 3.63) is 102 Å². The van der Waals surface area contributed by atoms with Crippen LogP contribution in [0.15, 0.2) is 102 Å². The molecule has 5 rings (SSSR count). The van der Waals surface area contributed by atoms with E-state index < -0.39 is 18.6 Å². The minimum Gasteiger partial charge on any atom is -0.477 e. The number of benzene rings is 3. The molecule has 1 fully saturated rings. The normalized spacial score (nSPS) is 20.3. The Labute approximate surface area is 197 Å². The van der Waals surface area contributed by atoms with Crippen molar-refractivity contribution in [3.63, 3.8) is 0 Å². The summed E-state index contributed by atoms with van der Waals surface area (Å²) in [5.74, 6) is -1.25. The molecule has 0 bridgehead atoms. The summed E-state index contributed by atoms with van der Waals surface area (Å²) in [5.41, 5.74) is 7.29. The van der Waals surface area contributed by atoms with Crippen molar-refractivity contribution in [1.82, 2.24) is 4.90 Å². The molecule has 2 aliphatic rings. The lowest BCUT2D eigenvalue weighted by Crippen LogP contribution is -2.57. The van der Waals surface area contributed by atoms with E-state index in [1.165, 1.54) is 16.7 Å². The van der Waals surface area contributed by atoms with Crippen LogP contribution in [0.1, 0.15) is 6.42 Å². The van der Waals surface area contributed by atoms with Gasteiger partial charge in [0, 0.05) is 5.57 Å². The molecule has 1 unspecified atom stereocenters. The molecule has 2 aliphatic heterocycles. The highest BCUT2D eigenvalue weighted by Gasteiger charge is 2.53. The molecule has 2 atom stereocenters. The number of hydrogen-bond donors (Lipinski definition) is 2. The summed E-state index contributed by atoms with van der Waals surface area (Å²) < 4.78 is 0. The summed E-state index contributed by atoms with van der Waals surface area (Å²) in [5, 5.41) is 12.9. The minimum atomic E-state index is -2.33. The fourth-order valence-corrected chi connectivity index (χ4v) is 10.5. The van der Waals surface area contributed by atoms with Crippen LogP contribution in [0.5, 0.6) is 0 Å². The summed E-state index contributed by atoms with van der Waals surface area (Å²) >= 11 is 1.47. The van der Waals surface area contributed by atoms with Gasteiger partial charge in [0.1, 0.15) is 28.9 Å². The molecule has 0 saturated carbocycles. The first-order valence-electron chi connectivity index (χ1n) is 10.8. The fraction of sp³-hybridized carbons (Fsp3) is 0.154. The molecule has 3 aromatic rings. The molecule has 3 aromatic carbocycles. The number of thioether (sulfide) groups is 1. The Hall–Kier alpha value is -2.92. The van der Waals surface area contributed by atoms with Gasteiger partial charge in [0.2, 0.25) is 5.91 Å². The summed E-state index contributed by atoms with van der Waals surface area (Å²) in [6.07, 6.45) is 0.788. The Bertz CT molecular complexity index is 1120. The van der Waals surface area contributed by atoms with E-state index in [2.05, 4.69) is 36.4 Å². The Morgan fingerprint density at radius 2 is 1.36 bits per heavy atom. The van der Waals surface area contributed by atoms with Gasteiger partial charge in [0.15, 0.2) is 0 Å². The highest BCUT2D eigenvalue weighted by Crippen LogP contribution is 2.58. The first-order chi connectivity index (χ1) is 16.0. The molecule has 1 saturated heterocycles. The second kappa shape index (κ2) is 8.79. The van der Waals surface area contributed by atoms with E-state index in [9.17, 15) is 14.7 Å². The van der Waals surface area contributed by atoms with Crippen LogP contribution in [0, 0.1) is 0 Å². The maximum absolute atomic E-state index is 12.4. The van der Waals surface area contributed by atoms with Crippen molar-refractivity contribution < 1.29 is 14.7 Å². The lowest BCUT2D eigenvalue weighted by atomic mass is 10.1. The summed E-state index contributed by atoms with van der Waals surface area (Å²) in [6.45, 7) is 0. The van der Waals surface area contributed by atoms with Crippen LogP contribution in [-0.2, 0) is 9.59 Å². The SMILES string of the molecule is NC1S[C@@H]2CC(=O)N2C(C(=O)O)=C1C[P+](c1ccccc1)(c1ccccc1)c1ccccc1. The molecular weight excluding hydrogens is 451 g/mol. The Morgan fingerprint density at radius 3 is 1.76 bits per heavy atom. The highest BCUT2D eigenvalue weighted by molar-refractivity contribution is 8.01. The zero-order valence-corrected chi connectivity index (χ0v) is 19.6. The average molecular weight is 476 g/mol. The van der Waals surface area contributed by atoms with Crippen LogP contribution in [0.2, 0.25) is 0 Å². The average Bonchev–Trinajstić information content (AvgIpc) is 2.84. The highest BCUT2D eigenvalue weighted by atomic mass is 32.2. The maximum Gasteiger partial charge on any atom is 0.352 e. The summed E-state index contributed by atoms with van der Waals surface area (Å²) in [7, 11) is -2.33. The second-order valence-corrected chi connectivity index (χ2v) is 12.9. The van der Waals surface area contributed by atoms with E-state index >= 15 is 0 Å². The van der Waals surface area contributed by atoms with Gasteiger partial charge >= 0.3 is 5.97 Å². The monoisotopic (exact) mass is 475 g/mol. The molecule has 0 spiro atoms. The molecular formula is C26H24N2O3PS+. The van der Waals surface area contributed by atoms with Crippen molar-refractivity contribution in [2.75, 3.05) is 6.16 Å². The molecule has 33 heavy (non-hydrogen) atoms. The maximum atomic E-state index is 12.4. The number of carbonyl (C=O) groups is 2. The van der Waals surface area contributed by atoms with Gasteiger partial charge in [-0.25, -0.2) is 4.79 Å². The lowest BCUT2D eigenvalue weighted by molar-refractivity contribution is -0.146. The number of rotatable bonds is 6. The number of hydrogen-bond acceptors (Lipinski definition) is 4. The smallest absolute Gasteiger partial charge is 0.352 e. The predicted octanol–water partition coefficient (Wildman–Crippen LogP) is 2.91. The first kappa shape index (κ1) is 21.9. The summed E-state index contributed by atoms with van der Waals surface area (Å²) in [4.78, 5) is 26.3. The van der Waals surface area contributed by atoms with Crippen LogP contribution in [-0.4, -0.2) is 38.8 Å². The van der Waals surface area contributed by atoms with Gasteiger partial charge in [-0.3, -0.25) is 9.69 Å². The number of aliphatic carboxylic acids is 1. The van der Waals surface area contributed by atoms with Crippen LogP contribution < -0.4 is 21.6 Å². The molecule has 5 nitrogen and oxygen atoms in total. The molecule has 7 heteroatoms. The van der Waals surface area contributed by atoms with E-state index in [-0.39, 0.29) is 17.0 Å². The van der Waals surface area contributed by atoms with Crippen LogP contribution in [0.3, 0.4) is 0 Å². The van der Waals surface area contributed by atoms with Crippen LogP contribution in [0.25, 0.3) is 0 Å². The van der Waals surface area contributed by atoms with E-state index in [0.29, 0.717) is 18.2 Å². The predicted molar refractivity (Wildman–Crippen MR) is 135 cm³/mol. The molecule has 0 aliphatic carbocycles. The number of fused-ring (bicyclic) bond motifs is 1. The topological polar surface area (TPSA) is 83.6 Å². The van der Waals surface area contributed by atoms with Gasteiger partial charge in [-0.05, 0) is 36.4 Å². The van der Waals surface area contributed by atoms with Crippen molar-refractivity contribution in [2.24, 2.45) is 5.73 Å². The third kappa shape index (κ3) is 3.68. The van der Waals surface area contributed by atoms with E-state index in [0.717, 1.165) is 15.9 Å². The van der Waals surface area contributed by atoms with Gasteiger partial charge in [-0.2, -0.15) is 0 Å². The largest absolute Gasteiger partial charge is 0.477 e. The van der Waals surface area contributed by atoms with Gasteiger partial charge in [0.05, 0.1) is 23.3 Å². The number of carboxylic acid groups (broad SMARTS) is 1. The van der Waals surface area contributed by atoms with Crippen molar-refractivity contribution in [2.45, 2.75) is 17.2 Å². The van der Waals surface area contributed by atoms with E-state index in [1.54, 1.807) is 0 Å². The first-order valence-corrected chi connectivity index (χ1v) is 13.7. The number of nitrogens with two attached hydrogens (primary N) is 1. The number of carboxylic acids is 1. The van der Waals surface area contributed by atoms with Crippen molar-refractivity contribution >= 4 is 46.8 Å². The Kier molecular flexibility index (Phi) is 5.83. The van der Waals surface area contributed by atoms with Crippen LogP contribution in [0.4, 0.5) is 0 Å². The zero-order valence-electron chi connectivity index (χ0n) is 17.9. The number of β-lactam (4-membered cyclic amide) rings is 1. The second-order valence-electron chi connectivity index (χ2n) is 8.13. The quantitative estimate of drug-likeness (QED) is 0.423. The Balaban J connectivity index is 1.79. The number of amides is 1. The third-order valence-electron chi connectivity index (χ3n) is 6.30. The zero-order chi connectivity index (χ0) is 23.0. The standard InChI is InChI=1S/C26H23N2O3PS/c27-25-21(24(26(30)31)28-22(29)16-23(28)33-25)17-32(18-10-4-1-5-11-18,19-12-6-2-7-13-19)20-14-8-3-9-15-20/h1-15,23,25H,16-17,27H2/p+1/t23-,25?/m1/s1. The summed E-state index contributed by atoms with van der Waals surface area (Å²) in [6, 6.07) is 30.8.